The van der Waals surface area contributed by atoms with E-state index in [1.165, 1.54) is 10.4 Å². The van der Waals surface area contributed by atoms with Gasteiger partial charge >= 0.3 is 5.97 Å². The number of benzene rings is 2. The number of unbranched alkanes of at least 4 members (excludes halogenated alkanes) is 2. The smallest absolute Gasteiger partial charge is 0.305 e. The second kappa shape index (κ2) is 16.7. The van der Waals surface area contributed by atoms with Crippen molar-refractivity contribution in [2.75, 3.05) is 34.2 Å². The average Bonchev–Trinajstić information content (AvgIpc) is 2.93. The van der Waals surface area contributed by atoms with E-state index in [-0.39, 0.29) is 30.3 Å². The van der Waals surface area contributed by atoms with Gasteiger partial charge in [0.1, 0.15) is 12.9 Å². The van der Waals surface area contributed by atoms with Crippen LogP contribution in [0.25, 0.3) is 0 Å². The van der Waals surface area contributed by atoms with Crippen molar-refractivity contribution in [1.29, 1.82) is 0 Å². The molecule has 0 aliphatic rings. The number of allylic oxidation sites excluding steroid dienone is 1. The maximum atomic E-state index is 12.3. The number of rotatable bonds is 18. The standard InChI is InChI=1S/C32H48O6Si/c1-8-9-10-17-22-30(33)36-23-26(2)31(37-25-34-6)29(35-7)24-38-39(32(3,4)5,27-18-13-11-14-19-27)28-20-15-12-16-21-28/h8,11-16,18-21,26,29,31H,1,9-10,17,22-25H2,2-7H3/t26-,29-,31+/m1/s1. The molecule has 2 aromatic rings. The lowest BCUT2D eigenvalue weighted by Gasteiger charge is -2.44. The van der Waals surface area contributed by atoms with Crippen LogP contribution < -0.4 is 10.4 Å². The maximum Gasteiger partial charge on any atom is 0.305 e. The minimum Gasteiger partial charge on any atom is -0.465 e. The highest BCUT2D eigenvalue weighted by atomic mass is 28.4. The molecule has 7 heteroatoms. The van der Waals surface area contributed by atoms with Crippen molar-refractivity contribution in [1.82, 2.24) is 0 Å². The first-order valence-corrected chi connectivity index (χ1v) is 15.8. The predicted octanol–water partition coefficient (Wildman–Crippen LogP) is 5.49. The third-order valence-electron chi connectivity index (χ3n) is 7.04. The lowest BCUT2D eigenvalue weighted by atomic mass is 10.0. The Hall–Kier alpha value is -2.29. The van der Waals surface area contributed by atoms with Crippen LogP contribution in [0.15, 0.2) is 73.3 Å². The van der Waals surface area contributed by atoms with Crippen LogP contribution in [0, 0.1) is 5.92 Å². The van der Waals surface area contributed by atoms with Crippen LogP contribution in [0.5, 0.6) is 0 Å². The van der Waals surface area contributed by atoms with Gasteiger partial charge in [0.2, 0.25) is 0 Å². The summed E-state index contributed by atoms with van der Waals surface area (Å²) in [4.78, 5) is 12.3. The van der Waals surface area contributed by atoms with Crippen molar-refractivity contribution in [3.05, 3.63) is 73.3 Å². The number of hydrogen-bond donors (Lipinski definition) is 0. The minimum absolute atomic E-state index is 0.101. The molecule has 0 bridgehead atoms. The fraction of sp³-hybridized carbons (Fsp3) is 0.531. The minimum atomic E-state index is -2.76. The Kier molecular flexibility index (Phi) is 14.1. The van der Waals surface area contributed by atoms with Gasteiger partial charge in [-0.2, -0.15) is 0 Å². The normalized spacial score (nSPS) is 14.4. The van der Waals surface area contributed by atoms with Gasteiger partial charge in [0.05, 0.1) is 19.3 Å². The fourth-order valence-corrected chi connectivity index (χ4v) is 9.57. The highest BCUT2D eigenvalue weighted by Crippen LogP contribution is 2.37. The van der Waals surface area contributed by atoms with Crippen LogP contribution in [0.3, 0.4) is 0 Å². The van der Waals surface area contributed by atoms with E-state index in [0.29, 0.717) is 13.0 Å². The lowest BCUT2D eigenvalue weighted by Crippen LogP contribution is -2.67. The SMILES string of the molecule is C=CCCCCC(=O)OC[C@@H](C)[C@H](OCOC)[C@@H](CO[Si](c1ccccc1)(c1ccccc1)C(C)(C)C)OC. The summed E-state index contributed by atoms with van der Waals surface area (Å²) in [6.45, 7) is 13.1. The van der Waals surface area contributed by atoms with Gasteiger partial charge in [-0.3, -0.25) is 4.79 Å². The maximum absolute atomic E-state index is 12.3. The van der Waals surface area contributed by atoms with Gasteiger partial charge in [-0.15, -0.1) is 6.58 Å². The van der Waals surface area contributed by atoms with Crippen molar-refractivity contribution < 1.29 is 28.2 Å². The second-order valence-electron chi connectivity index (χ2n) is 11.0. The molecule has 0 N–H and O–H groups in total. The van der Waals surface area contributed by atoms with E-state index in [4.69, 9.17) is 23.4 Å². The molecule has 0 radical (unpaired) electrons. The molecule has 0 amide bonds. The van der Waals surface area contributed by atoms with Gasteiger partial charge < -0.3 is 23.4 Å². The number of hydrogen-bond acceptors (Lipinski definition) is 6. The molecule has 0 aliphatic heterocycles. The van der Waals surface area contributed by atoms with Crippen LogP contribution >= 0.6 is 0 Å². The molecule has 2 rings (SSSR count). The molecule has 0 unspecified atom stereocenters. The summed E-state index contributed by atoms with van der Waals surface area (Å²) in [7, 11) is 0.499. The molecule has 3 atom stereocenters. The van der Waals surface area contributed by atoms with Crippen molar-refractivity contribution in [2.24, 2.45) is 5.92 Å². The first-order chi connectivity index (χ1) is 18.7. The lowest BCUT2D eigenvalue weighted by molar-refractivity contribution is -0.162. The molecule has 39 heavy (non-hydrogen) atoms. The topological polar surface area (TPSA) is 63.2 Å². The molecule has 216 valence electrons. The molecule has 0 saturated carbocycles. The summed E-state index contributed by atoms with van der Waals surface area (Å²) in [5, 5.41) is 2.24. The molecule has 2 aromatic carbocycles. The van der Waals surface area contributed by atoms with Crippen LogP contribution in [-0.2, 0) is 28.2 Å². The Morgan fingerprint density at radius 1 is 0.949 bits per heavy atom. The predicted molar refractivity (Wildman–Crippen MR) is 160 cm³/mol. The largest absolute Gasteiger partial charge is 0.465 e. The summed E-state index contributed by atoms with van der Waals surface area (Å²) in [5.41, 5.74) is 0. The quantitative estimate of drug-likeness (QED) is 0.0795. The van der Waals surface area contributed by atoms with E-state index < -0.39 is 20.5 Å². The van der Waals surface area contributed by atoms with E-state index in [2.05, 4.69) is 75.9 Å². The molecular weight excluding hydrogens is 508 g/mol. The van der Waals surface area contributed by atoms with Crippen LogP contribution in [0.4, 0.5) is 0 Å². The summed E-state index contributed by atoms with van der Waals surface area (Å²) >= 11 is 0. The highest BCUT2D eigenvalue weighted by Gasteiger charge is 2.50. The van der Waals surface area contributed by atoms with E-state index in [1.54, 1.807) is 14.2 Å². The Morgan fingerprint density at radius 3 is 2.03 bits per heavy atom. The number of carbonyl (C=O) groups excluding carboxylic acids is 1. The zero-order valence-electron chi connectivity index (χ0n) is 24.7. The molecule has 0 heterocycles. The zero-order chi connectivity index (χ0) is 28.7. The first kappa shape index (κ1) is 32.9. The van der Waals surface area contributed by atoms with Gasteiger partial charge in [0, 0.05) is 26.6 Å². The van der Waals surface area contributed by atoms with Crippen LogP contribution in [0.2, 0.25) is 5.04 Å². The number of carbonyl (C=O) groups is 1. The molecule has 0 aromatic heterocycles. The molecule has 0 saturated heterocycles. The van der Waals surface area contributed by atoms with Crippen molar-refractivity contribution in [3.63, 3.8) is 0 Å². The Balaban J connectivity index is 2.27. The molecule has 0 aliphatic carbocycles. The summed E-state index contributed by atoms with van der Waals surface area (Å²) in [5.74, 6) is -0.334. The van der Waals surface area contributed by atoms with Crippen LogP contribution in [0.1, 0.15) is 53.4 Å². The average molecular weight is 557 g/mol. The van der Waals surface area contributed by atoms with Crippen LogP contribution in [-0.4, -0.2) is 60.7 Å². The molecule has 0 spiro atoms. The van der Waals surface area contributed by atoms with Crippen molar-refractivity contribution >= 4 is 24.7 Å². The second-order valence-corrected chi connectivity index (χ2v) is 15.3. The van der Waals surface area contributed by atoms with Crippen molar-refractivity contribution in [2.45, 2.75) is 70.6 Å². The van der Waals surface area contributed by atoms with Crippen molar-refractivity contribution in [3.8, 4) is 0 Å². The third-order valence-corrected chi connectivity index (χ3v) is 12.0. The Bertz CT molecular complexity index is 920. The van der Waals surface area contributed by atoms with E-state index in [9.17, 15) is 4.79 Å². The number of methoxy groups -OCH3 is 2. The van der Waals surface area contributed by atoms with Gasteiger partial charge in [0.15, 0.2) is 0 Å². The molecular formula is C32H48O6Si. The molecule has 6 nitrogen and oxygen atoms in total. The first-order valence-electron chi connectivity index (χ1n) is 13.9. The summed E-state index contributed by atoms with van der Waals surface area (Å²) < 4.78 is 30.0. The summed E-state index contributed by atoms with van der Waals surface area (Å²) in [6.07, 6.45) is 4.08. The van der Waals surface area contributed by atoms with Gasteiger partial charge in [-0.05, 0) is 34.7 Å². The van der Waals surface area contributed by atoms with Gasteiger partial charge in [0.25, 0.3) is 8.32 Å². The number of esters is 1. The van der Waals surface area contributed by atoms with E-state index in [1.807, 2.05) is 25.1 Å². The monoisotopic (exact) mass is 556 g/mol. The van der Waals surface area contributed by atoms with Gasteiger partial charge in [-0.25, -0.2) is 0 Å². The fourth-order valence-electron chi connectivity index (χ4n) is 5.00. The number of ether oxygens (including phenoxy) is 4. The third kappa shape index (κ3) is 9.40. The van der Waals surface area contributed by atoms with E-state index >= 15 is 0 Å². The van der Waals surface area contributed by atoms with Gasteiger partial charge in [-0.1, -0.05) is 94.4 Å². The highest BCUT2D eigenvalue weighted by molar-refractivity contribution is 6.99. The Morgan fingerprint density at radius 2 is 1.54 bits per heavy atom. The van der Waals surface area contributed by atoms with E-state index in [0.717, 1.165) is 19.3 Å². The summed E-state index contributed by atoms with van der Waals surface area (Å²) in [6, 6.07) is 21.0. The molecule has 0 fully saturated rings. The Labute approximate surface area is 236 Å². The zero-order valence-corrected chi connectivity index (χ0v) is 25.7.